The molecule has 0 spiro atoms. The topological polar surface area (TPSA) is 75.7 Å². The Labute approximate surface area is 110 Å². The molecule has 100 valence electrons. The Morgan fingerprint density at radius 3 is 2.68 bits per heavy atom. The predicted molar refractivity (Wildman–Crippen MR) is 67.4 cm³/mol. The van der Waals surface area contributed by atoms with E-state index in [-0.39, 0.29) is 13.2 Å². The molecule has 1 unspecified atom stereocenters. The van der Waals surface area contributed by atoms with E-state index in [0.29, 0.717) is 5.69 Å². The van der Waals surface area contributed by atoms with Crippen molar-refractivity contribution in [3.8, 4) is 0 Å². The largest absolute Gasteiger partial charge is 0.464 e. The van der Waals surface area contributed by atoms with E-state index >= 15 is 0 Å². The first-order valence-electron chi connectivity index (χ1n) is 5.97. The van der Waals surface area contributed by atoms with Gasteiger partial charge in [-0.05, 0) is 19.1 Å². The lowest BCUT2D eigenvalue weighted by atomic mass is 10.1. The lowest BCUT2D eigenvalue weighted by molar-refractivity contribution is -0.149. The number of nitrogens with one attached hydrogen (secondary N) is 1. The number of anilines is 1. The highest BCUT2D eigenvalue weighted by molar-refractivity contribution is 6.41. The molecule has 2 amide bonds. The van der Waals surface area contributed by atoms with Gasteiger partial charge in [0.25, 0.3) is 0 Å². The molecule has 19 heavy (non-hydrogen) atoms. The highest BCUT2D eigenvalue weighted by Crippen LogP contribution is 2.16. The third-order valence-corrected chi connectivity index (χ3v) is 2.75. The molecule has 0 radical (unpaired) electrons. The van der Waals surface area contributed by atoms with E-state index in [1.54, 1.807) is 37.3 Å². The fraction of sp³-hybridized carbons (Fsp3) is 0.308. The Balaban J connectivity index is 2.21. The smallest absolute Gasteiger partial charge is 0.330 e. The first kappa shape index (κ1) is 13.1. The van der Waals surface area contributed by atoms with Crippen LogP contribution in [0.3, 0.4) is 0 Å². The minimum atomic E-state index is -0.828. The van der Waals surface area contributed by atoms with Gasteiger partial charge in [0.1, 0.15) is 6.04 Å². The highest BCUT2D eigenvalue weighted by Gasteiger charge is 2.37. The van der Waals surface area contributed by atoms with Crippen LogP contribution in [0.4, 0.5) is 5.69 Å². The van der Waals surface area contributed by atoms with E-state index < -0.39 is 23.8 Å². The van der Waals surface area contributed by atoms with Crippen molar-refractivity contribution in [2.75, 3.05) is 18.1 Å². The summed E-state index contributed by atoms with van der Waals surface area (Å²) >= 11 is 0. The van der Waals surface area contributed by atoms with Crippen molar-refractivity contribution in [3.63, 3.8) is 0 Å². The number of benzene rings is 1. The average Bonchev–Trinajstić information content (AvgIpc) is 2.43. The van der Waals surface area contributed by atoms with Crippen LogP contribution in [0.15, 0.2) is 30.3 Å². The van der Waals surface area contributed by atoms with E-state index in [9.17, 15) is 14.4 Å². The number of carbonyl (C=O) groups is 3. The summed E-state index contributed by atoms with van der Waals surface area (Å²) in [6.45, 7) is 1.99. The second-order valence-corrected chi connectivity index (χ2v) is 4.03. The zero-order chi connectivity index (χ0) is 13.8. The van der Waals surface area contributed by atoms with Crippen LogP contribution < -0.4 is 10.2 Å². The maximum absolute atomic E-state index is 11.8. The molecule has 0 aliphatic carbocycles. The Kier molecular flexibility index (Phi) is 3.79. The standard InChI is InChI=1S/C13H14N2O4/c1-2-19-13(18)10-8-15(12(17)11(16)14-10)9-6-4-3-5-7-9/h3-7,10H,2,8H2,1H3,(H,14,16). The molecule has 1 atom stereocenters. The third-order valence-electron chi connectivity index (χ3n) is 2.75. The quantitative estimate of drug-likeness (QED) is 0.618. The summed E-state index contributed by atoms with van der Waals surface area (Å²) in [5.41, 5.74) is 0.580. The summed E-state index contributed by atoms with van der Waals surface area (Å²) in [6.07, 6.45) is 0. The van der Waals surface area contributed by atoms with Crippen LogP contribution in [-0.2, 0) is 19.1 Å². The molecule has 6 heteroatoms. The molecular formula is C13H14N2O4. The predicted octanol–water partition coefficient (Wildman–Crippen LogP) is 0.0811. The van der Waals surface area contributed by atoms with Crippen LogP contribution in [0.5, 0.6) is 0 Å². The molecule has 1 aromatic carbocycles. The van der Waals surface area contributed by atoms with Crippen molar-refractivity contribution in [3.05, 3.63) is 30.3 Å². The van der Waals surface area contributed by atoms with Gasteiger partial charge in [0, 0.05) is 5.69 Å². The van der Waals surface area contributed by atoms with Crippen molar-refractivity contribution >= 4 is 23.5 Å². The van der Waals surface area contributed by atoms with Crippen molar-refractivity contribution in [1.29, 1.82) is 0 Å². The number of ether oxygens (including phenoxy) is 1. The van der Waals surface area contributed by atoms with E-state index in [2.05, 4.69) is 5.32 Å². The number of nitrogens with zero attached hydrogens (tertiary/aromatic N) is 1. The Hall–Kier alpha value is -2.37. The molecule has 0 aromatic heterocycles. The summed E-state index contributed by atoms with van der Waals surface area (Å²) < 4.78 is 4.86. The number of hydrogen-bond donors (Lipinski definition) is 1. The molecule has 1 aromatic rings. The fourth-order valence-corrected chi connectivity index (χ4v) is 1.86. The van der Waals surface area contributed by atoms with Crippen LogP contribution in [0.1, 0.15) is 6.92 Å². The van der Waals surface area contributed by atoms with Crippen molar-refractivity contribution in [2.24, 2.45) is 0 Å². The summed E-state index contributed by atoms with van der Waals surface area (Å²) in [6, 6.07) is 7.91. The van der Waals surface area contributed by atoms with Crippen LogP contribution in [0, 0.1) is 0 Å². The number of amides is 2. The molecular weight excluding hydrogens is 248 g/mol. The van der Waals surface area contributed by atoms with Crippen LogP contribution >= 0.6 is 0 Å². The van der Waals surface area contributed by atoms with Gasteiger partial charge in [0.05, 0.1) is 13.2 Å². The summed E-state index contributed by atoms with van der Waals surface area (Å²) in [4.78, 5) is 36.3. The first-order chi connectivity index (χ1) is 9.13. The number of esters is 1. The molecule has 1 aliphatic rings. The van der Waals surface area contributed by atoms with Crippen LogP contribution in [-0.4, -0.2) is 37.0 Å². The Morgan fingerprint density at radius 1 is 1.37 bits per heavy atom. The van der Waals surface area contributed by atoms with E-state index in [1.807, 2.05) is 0 Å². The first-order valence-corrected chi connectivity index (χ1v) is 5.97. The SMILES string of the molecule is CCOC(=O)C1CN(c2ccccc2)C(=O)C(=O)N1. The van der Waals surface area contributed by atoms with Crippen LogP contribution in [0.25, 0.3) is 0 Å². The lowest BCUT2D eigenvalue weighted by Gasteiger charge is -2.31. The summed E-state index contributed by atoms with van der Waals surface area (Å²) in [5, 5.41) is 2.35. The maximum Gasteiger partial charge on any atom is 0.330 e. The number of carbonyl (C=O) groups excluding carboxylic acids is 3. The highest BCUT2D eigenvalue weighted by atomic mass is 16.5. The normalized spacial score (nSPS) is 19.0. The molecule has 2 rings (SSSR count). The minimum Gasteiger partial charge on any atom is -0.464 e. The fourth-order valence-electron chi connectivity index (χ4n) is 1.86. The number of para-hydroxylation sites is 1. The molecule has 1 heterocycles. The number of hydrogen-bond acceptors (Lipinski definition) is 4. The lowest BCUT2D eigenvalue weighted by Crippen LogP contribution is -2.60. The van der Waals surface area contributed by atoms with Gasteiger partial charge in [-0.1, -0.05) is 18.2 Å². The minimum absolute atomic E-state index is 0.0768. The molecule has 1 saturated heterocycles. The van der Waals surface area contributed by atoms with Gasteiger partial charge in [0.2, 0.25) is 0 Å². The zero-order valence-electron chi connectivity index (χ0n) is 10.5. The molecule has 0 saturated carbocycles. The zero-order valence-corrected chi connectivity index (χ0v) is 10.5. The van der Waals surface area contributed by atoms with Crippen molar-refractivity contribution in [1.82, 2.24) is 5.32 Å². The van der Waals surface area contributed by atoms with Crippen LogP contribution in [0.2, 0.25) is 0 Å². The van der Waals surface area contributed by atoms with Gasteiger partial charge in [-0.15, -0.1) is 0 Å². The van der Waals surface area contributed by atoms with Gasteiger partial charge >= 0.3 is 17.8 Å². The summed E-state index contributed by atoms with van der Waals surface area (Å²) in [7, 11) is 0. The molecule has 1 fully saturated rings. The van der Waals surface area contributed by atoms with Gasteiger partial charge in [-0.3, -0.25) is 9.59 Å². The maximum atomic E-state index is 11.8. The monoisotopic (exact) mass is 262 g/mol. The second-order valence-electron chi connectivity index (χ2n) is 4.03. The second kappa shape index (κ2) is 5.51. The average molecular weight is 262 g/mol. The molecule has 1 N–H and O–H groups in total. The van der Waals surface area contributed by atoms with E-state index in [0.717, 1.165) is 0 Å². The van der Waals surface area contributed by atoms with Gasteiger partial charge < -0.3 is 15.0 Å². The van der Waals surface area contributed by atoms with Gasteiger partial charge in [-0.25, -0.2) is 4.79 Å². The Morgan fingerprint density at radius 2 is 2.05 bits per heavy atom. The Bertz CT molecular complexity index is 501. The van der Waals surface area contributed by atoms with Crippen molar-refractivity contribution < 1.29 is 19.1 Å². The van der Waals surface area contributed by atoms with Crippen molar-refractivity contribution in [2.45, 2.75) is 13.0 Å². The van der Waals surface area contributed by atoms with E-state index in [4.69, 9.17) is 4.74 Å². The van der Waals surface area contributed by atoms with Gasteiger partial charge in [0.15, 0.2) is 0 Å². The third kappa shape index (κ3) is 2.73. The van der Waals surface area contributed by atoms with E-state index in [1.165, 1.54) is 4.90 Å². The summed E-state index contributed by atoms with van der Waals surface area (Å²) in [5.74, 6) is -2.01. The number of piperazine rings is 1. The molecule has 1 aliphatic heterocycles. The van der Waals surface area contributed by atoms with Gasteiger partial charge in [-0.2, -0.15) is 0 Å². The molecule has 0 bridgehead atoms. The molecule has 6 nitrogen and oxygen atoms in total. The number of rotatable bonds is 3.